The molecule has 90 valence electrons. The molecule has 2 unspecified atom stereocenters. The summed E-state index contributed by atoms with van der Waals surface area (Å²) >= 11 is 1.19. The maximum Gasteiger partial charge on any atom is 0.310 e. The summed E-state index contributed by atoms with van der Waals surface area (Å²) in [7, 11) is 0. The van der Waals surface area contributed by atoms with Crippen molar-refractivity contribution in [3.63, 3.8) is 0 Å². The molecular formula is C10H11N3O3S. The van der Waals surface area contributed by atoms with Crippen molar-refractivity contribution in [2.24, 2.45) is 5.92 Å². The van der Waals surface area contributed by atoms with Gasteiger partial charge in [-0.2, -0.15) is 0 Å². The Kier molecular flexibility index (Phi) is 3.10. The second kappa shape index (κ2) is 4.54. The maximum atomic E-state index is 11.7. The first-order chi connectivity index (χ1) is 8.06. The fraction of sp³-hybridized carbons (Fsp3) is 0.300. The van der Waals surface area contributed by atoms with E-state index in [-0.39, 0.29) is 17.6 Å². The molecule has 0 fully saturated rings. The summed E-state index contributed by atoms with van der Waals surface area (Å²) in [5, 5.41) is 13.4. The molecule has 2 rings (SSSR count). The van der Waals surface area contributed by atoms with Crippen LogP contribution in [-0.4, -0.2) is 28.0 Å². The minimum atomic E-state index is -0.879. The van der Waals surface area contributed by atoms with Gasteiger partial charge in [-0.25, -0.2) is 4.98 Å². The number of aliphatic carboxylic acids is 1. The molecule has 4 N–H and O–H groups in total. The number of nitrogens with two attached hydrogens (primary N) is 1. The van der Waals surface area contributed by atoms with E-state index in [1.807, 2.05) is 0 Å². The molecule has 6 nitrogen and oxygen atoms in total. The molecule has 1 aromatic heterocycles. The number of amides is 1. The largest absolute Gasteiger partial charge is 0.481 e. The zero-order valence-corrected chi connectivity index (χ0v) is 9.61. The zero-order chi connectivity index (χ0) is 12.4. The number of nitrogen functional groups attached to an aromatic ring is 1. The Hall–Kier alpha value is -1.89. The van der Waals surface area contributed by atoms with E-state index in [1.165, 1.54) is 11.3 Å². The predicted molar refractivity (Wildman–Crippen MR) is 62.7 cm³/mol. The highest BCUT2D eigenvalue weighted by Crippen LogP contribution is 2.18. The molecule has 0 radical (unpaired) electrons. The third-order valence-corrected chi connectivity index (χ3v) is 3.15. The summed E-state index contributed by atoms with van der Waals surface area (Å²) in [5.41, 5.74) is 5.69. The van der Waals surface area contributed by atoms with Gasteiger partial charge in [0.05, 0.1) is 5.92 Å². The average Bonchev–Trinajstić information content (AvgIpc) is 2.86. The van der Waals surface area contributed by atoms with E-state index in [1.54, 1.807) is 17.5 Å². The molecule has 0 spiro atoms. The lowest BCUT2D eigenvalue weighted by Crippen LogP contribution is -2.33. The number of carbonyl (C=O) groups excluding carboxylic acids is 1. The van der Waals surface area contributed by atoms with Crippen molar-refractivity contribution in [1.82, 2.24) is 10.3 Å². The second-order valence-electron chi connectivity index (χ2n) is 3.72. The third-order valence-electron chi connectivity index (χ3n) is 2.47. The van der Waals surface area contributed by atoms with Crippen molar-refractivity contribution in [3.8, 4) is 0 Å². The van der Waals surface area contributed by atoms with Gasteiger partial charge >= 0.3 is 5.97 Å². The van der Waals surface area contributed by atoms with E-state index in [9.17, 15) is 9.59 Å². The molecule has 1 aliphatic rings. The summed E-state index contributed by atoms with van der Waals surface area (Å²) in [5.74, 6) is -1.74. The van der Waals surface area contributed by atoms with Gasteiger partial charge in [0.2, 0.25) is 0 Å². The second-order valence-corrected chi connectivity index (χ2v) is 4.61. The van der Waals surface area contributed by atoms with Gasteiger partial charge in [-0.05, 0) is 6.42 Å². The van der Waals surface area contributed by atoms with E-state index >= 15 is 0 Å². The molecular weight excluding hydrogens is 242 g/mol. The normalized spacial score (nSPS) is 22.6. The molecule has 7 heteroatoms. The number of rotatable bonds is 3. The van der Waals surface area contributed by atoms with Crippen molar-refractivity contribution < 1.29 is 14.7 Å². The Bertz CT molecular complexity index is 483. The summed E-state index contributed by atoms with van der Waals surface area (Å²) in [6.07, 6.45) is 3.65. The van der Waals surface area contributed by atoms with Crippen LogP contribution >= 0.6 is 11.3 Å². The molecule has 0 bridgehead atoms. The average molecular weight is 253 g/mol. The van der Waals surface area contributed by atoms with Crippen LogP contribution in [0.4, 0.5) is 5.13 Å². The molecule has 2 atom stereocenters. The van der Waals surface area contributed by atoms with Crippen LogP contribution in [-0.2, 0) is 4.79 Å². The molecule has 1 heterocycles. The van der Waals surface area contributed by atoms with E-state index in [2.05, 4.69) is 10.3 Å². The van der Waals surface area contributed by atoms with Gasteiger partial charge in [-0.3, -0.25) is 9.59 Å². The van der Waals surface area contributed by atoms with Crippen molar-refractivity contribution in [2.45, 2.75) is 12.5 Å². The number of carboxylic acids is 1. The number of nitrogens with zero attached hydrogens (tertiary/aromatic N) is 1. The SMILES string of the molecule is Nc1nc(C(=O)NC2C=CC(C(=O)O)C2)cs1. The van der Waals surface area contributed by atoms with Crippen LogP contribution in [0.3, 0.4) is 0 Å². The molecule has 1 aromatic rings. The Labute approximate surface area is 101 Å². The van der Waals surface area contributed by atoms with E-state index < -0.39 is 11.9 Å². The highest BCUT2D eigenvalue weighted by molar-refractivity contribution is 7.13. The van der Waals surface area contributed by atoms with Crippen LogP contribution in [0.25, 0.3) is 0 Å². The van der Waals surface area contributed by atoms with Gasteiger partial charge in [-0.1, -0.05) is 12.2 Å². The van der Waals surface area contributed by atoms with Crippen LogP contribution in [0.5, 0.6) is 0 Å². The fourth-order valence-corrected chi connectivity index (χ4v) is 2.17. The summed E-state index contributed by atoms with van der Waals surface area (Å²) in [6, 6.07) is -0.258. The molecule has 0 saturated carbocycles. The van der Waals surface area contributed by atoms with Crippen molar-refractivity contribution in [3.05, 3.63) is 23.2 Å². The highest BCUT2D eigenvalue weighted by Gasteiger charge is 2.26. The molecule has 0 saturated heterocycles. The third kappa shape index (κ3) is 2.62. The summed E-state index contributed by atoms with van der Waals surface area (Å²) in [6.45, 7) is 0. The minimum Gasteiger partial charge on any atom is -0.481 e. The number of carboxylic acid groups (broad SMARTS) is 1. The molecule has 1 amide bonds. The molecule has 17 heavy (non-hydrogen) atoms. The Morgan fingerprint density at radius 3 is 2.82 bits per heavy atom. The Morgan fingerprint density at radius 2 is 2.29 bits per heavy atom. The van der Waals surface area contributed by atoms with Crippen LogP contribution in [0, 0.1) is 5.92 Å². The smallest absolute Gasteiger partial charge is 0.310 e. The van der Waals surface area contributed by atoms with Gasteiger partial charge in [0.1, 0.15) is 5.69 Å². The van der Waals surface area contributed by atoms with Gasteiger partial charge in [-0.15, -0.1) is 11.3 Å². The summed E-state index contributed by atoms with van der Waals surface area (Å²) in [4.78, 5) is 26.3. The van der Waals surface area contributed by atoms with Gasteiger partial charge < -0.3 is 16.2 Å². The Balaban J connectivity index is 1.93. The lowest BCUT2D eigenvalue weighted by molar-refractivity contribution is -0.140. The van der Waals surface area contributed by atoms with Crippen LogP contribution < -0.4 is 11.1 Å². The number of anilines is 1. The number of hydrogen-bond acceptors (Lipinski definition) is 5. The zero-order valence-electron chi connectivity index (χ0n) is 8.79. The topological polar surface area (TPSA) is 105 Å². The summed E-state index contributed by atoms with van der Waals surface area (Å²) < 4.78 is 0. The van der Waals surface area contributed by atoms with Crippen LogP contribution in [0.15, 0.2) is 17.5 Å². The lowest BCUT2D eigenvalue weighted by atomic mass is 10.1. The number of nitrogens with one attached hydrogen (secondary N) is 1. The van der Waals surface area contributed by atoms with Gasteiger partial charge in [0.25, 0.3) is 5.91 Å². The maximum absolute atomic E-state index is 11.7. The van der Waals surface area contributed by atoms with Crippen LogP contribution in [0.2, 0.25) is 0 Å². The minimum absolute atomic E-state index is 0.258. The van der Waals surface area contributed by atoms with E-state index in [4.69, 9.17) is 10.8 Å². The van der Waals surface area contributed by atoms with E-state index in [0.717, 1.165) is 0 Å². The molecule has 1 aliphatic carbocycles. The van der Waals surface area contributed by atoms with Crippen molar-refractivity contribution >= 4 is 28.3 Å². The monoisotopic (exact) mass is 253 g/mol. The van der Waals surface area contributed by atoms with Crippen LogP contribution in [0.1, 0.15) is 16.9 Å². The van der Waals surface area contributed by atoms with Gasteiger partial charge in [0, 0.05) is 11.4 Å². The quantitative estimate of drug-likeness (QED) is 0.680. The molecule has 0 aliphatic heterocycles. The van der Waals surface area contributed by atoms with Crippen molar-refractivity contribution in [2.75, 3.05) is 5.73 Å². The Morgan fingerprint density at radius 1 is 1.53 bits per heavy atom. The number of hydrogen-bond donors (Lipinski definition) is 3. The number of aromatic nitrogens is 1. The van der Waals surface area contributed by atoms with Gasteiger partial charge in [0.15, 0.2) is 5.13 Å². The first-order valence-corrected chi connectivity index (χ1v) is 5.87. The van der Waals surface area contributed by atoms with Crippen molar-refractivity contribution in [1.29, 1.82) is 0 Å². The fourth-order valence-electron chi connectivity index (χ4n) is 1.62. The highest BCUT2D eigenvalue weighted by atomic mass is 32.1. The number of carbonyl (C=O) groups is 2. The van der Waals surface area contributed by atoms with E-state index in [0.29, 0.717) is 11.6 Å². The predicted octanol–water partition coefficient (Wildman–Crippen LogP) is 0.484. The first kappa shape index (κ1) is 11.6. The standard InChI is InChI=1S/C10H11N3O3S/c11-10-13-7(4-17-10)8(14)12-6-2-1-5(3-6)9(15)16/h1-2,4-6H,3H2,(H2,11,13)(H,12,14)(H,15,16). The lowest BCUT2D eigenvalue weighted by Gasteiger charge is -2.10. The first-order valence-electron chi connectivity index (χ1n) is 4.99. The molecule has 0 aromatic carbocycles. The number of thiazole rings is 1.